The Bertz CT molecular complexity index is 1210. The van der Waals surface area contributed by atoms with Crippen LogP contribution in [-0.4, -0.2) is 10.9 Å². The molecule has 140 valence electrons. The van der Waals surface area contributed by atoms with Gasteiger partial charge in [0, 0.05) is 21.7 Å². The number of nitrogens with one attached hydrogen (secondary N) is 1. The lowest BCUT2D eigenvalue weighted by Gasteiger charge is -2.00. The number of hydrogen-bond acceptors (Lipinski definition) is 4. The predicted octanol–water partition coefficient (Wildman–Crippen LogP) is 6.82. The van der Waals surface area contributed by atoms with E-state index in [0.717, 1.165) is 21.3 Å². The van der Waals surface area contributed by atoms with Crippen molar-refractivity contribution in [1.29, 1.82) is 0 Å². The van der Waals surface area contributed by atoms with Gasteiger partial charge in [-0.05, 0) is 55.0 Å². The second-order valence-corrected chi connectivity index (χ2v) is 7.99. The number of hydrogen-bond donors (Lipinski definition) is 1. The highest BCUT2D eigenvalue weighted by Gasteiger charge is 2.08. The predicted molar refractivity (Wildman–Crippen MR) is 116 cm³/mol. The number of aryl methyl sites for hydroxylation is 1. The highest BCUT2D eigenvalue weighted by Crippen LogP contribution is 2.29. The van der Waals surface area contributed by atoms with Gasteiger partial charge in [0.05, 0.1) is 10.2 Å². The number of carbonyl (C=O) groups is 1. The molecule has 0 saturated carbocycles. The average Bonchev–Trinajstić information content (AvgIpc) is 3.28. The van der Waals surface area contributed by atoms with Gasteiger partial charge in [0.15, 0.2) is 5.13 Å². The van der Waals surface area contributed by atoms with E-state index < -0.39 is 0 Å². The van der Waals surface area contributed by atoms with E-state index in [-0.39, 0.29) is 5.91 Å². The minimum Gasteiger partial charge on any atom is -0.457 e. The smallest absolute Gasteiger partial charge is 0.250 e. The molecule has 2 heterocycles. The Morgan fingerprint density at radius 2 is 2.00 bits per heavy atom. The lowest BCUT2D eigenvalue weighted by atomic mass is 10.1. The highest BCUT2D eigenvalue weighted by atomic mass is 35.5. The number of carbonyl (C=O) groups excluding carboxylic acids is 1. The summed E-state index contributed by atoms with van der Waals surface area (Å²) in [6, 6.07) is 14.8. The van der Waals surface area contributed by atoms with E-state index >= 15 is 0 Å². The van der Waals surface area contributed by atoms with Gasteiger partial charge in [-0.15, -0.1) is 0 Å². The van der Waals surface area contributed by atoms with Crippen LogP contribution in [0.1, 0.15) is 11.3 Å². The molecule has 0 spiro atoms. The molecule has 28 heavy (non-hydrogen) atoms. The first kappa shape index (κ1) is 18.7. The van der Waals surface area contributed by atoms with E-state index in [1.807, 2.05) is 43.3 Å². The zero-order chi connectivity index (χ0) is 19.7. The van der Waals surface area contributed by atoms with Crippen molar-refractivity contribution in [2.24, 2.45) is 0 Å². The minimum absolute atomic E-state index is 0.290. The van der Waals surface area contributed by atoms with Gasteiger partial charge in [-0.1, -0.05) is 46.7 Å². The fraction of sp³-hybridized carbons (Fsp3) is 0.0476. The van der Waals surface area contributed by atoms with Gasteiger partial charge in [-0.25, -0.2) is 4.98 Å². The summed E-state index contributed by atoms with van der Waals surface area (Å²) in [7, 11) is 0. The summed E-state index contributed by atoms with van der Waals surface area (Å²) in [5.74, 6) is 0.962. The third-order valence-corrected chi connectivity index (χ3v) is 5.64. The number of anilines is 1. The van der Waals surface area contributed by atoms with Gasteiger partial charge in [0.25, 0.3) is 0 Å². The summed E-state index contributed by atoms with van der Waals surface area (Å²) in [5, 5.41) is 4.59. The van der Waals surface area contributed by atoms with Gasteiger partial charge in [-0.2, -0.15) is 0 Å². The number of benzene rings is 2. The second-order valence-electron chi connectivity index (χ2n) is 6.12. The summed E-state index contributed by atoms with van der Waals surface area (Å²) in [5.41, 5.74) is 2.68. The van der Waals surface area contributed by atoms with Crippen LogP contribution in [0.15, 0.2) is 59.0 Å². The monoisotopic (exact) mass is 428 g/mol. The first-order valence-electron chi connectivity index (χ1n) is 8.39. The van der Waals surface area contributed by atoms with Crippen molar-refractivity contribution in [3.8, 4) is 11.3 Å². The quantitative estimate of drug-likeness (QED) is 0.362. The largest absolute Gasteiger partial charge is 0.457 e. The topological polar surface area (TPSA) is 55.1 Å². The Balaban J connectivity index is 1.45. The van der Waals surface area contributed by atoms with E-state index in [0.29, 0.717) is 26.7 Å². The fourth-order valence-electron chi connectivity index (χ4n) is 2.60. The van der Waals surface area contributed by atoms with Gasteiger partial charge >= 0.3 is 0 Å². The summed E-state index contributed by atoms with van der Waals surface area (Å²) >= 11 is 13.5. The van der Waals surface area contributed by atoms with Crippen LogP contribution in [0.4, 0.5) is 5.13 Å². The molecule has 1 amide bonds. The molecule has 0 radical (unpaired) electrons. The molecular formula is C21H14Cl2N2O2S. The van der Waals surface area contributed by atoms with Crippen molar-refractivity contribution in [1.82, 2.24) is 4.98 Å². The molecule has 0 bridgehead atoms. The molecule has 0 aliphatic carbocycles. The maximum absolute atomic E-state index is 12.2. The molecule has 0 aliphatic heterocycles. The molecule has 4 nitrogen and oxygen atoms in total. The van der Waals surface area contributed by atoms with Crippen LogP contribution in [0.5, 0.6) is 0 Å². The summed E-state index contributed by atoms with van der Waals surface area (Å²) in [4.78, 5) is 16.5. The van der Waals surface area contributed by atoms with Gasteiger partial charge < -0.3 is 4.42 Å². The van der Waals surface area contributed by atoms with Crippen LogP contribution in [0.3, 0.4) is 0 Å². The molecule has 2 aromatic carbocycles. The number of furan rings is 1. The number of halogens is 2. The molecule has 0 unspecified atom stereocenters. The zero-order valence-corrected chi connectivity index (χ0v) is 17.0. The number of fused-ring (bicyclic) bond motifs is 1. The third-order valence-electron chi connectivity index (χ3n) is 4.06. The molecule has 0 fully saturated rings. The normalized spacial score (nSPS) is 11.4. The van der Waals surface area contributed by atoms with Crippen LogP contribution in [0, 0.1) is 6.92 Å². The molecule has 2 aromatic heterocycles. The van der Waals surface area contributed by atoms with E-state index in [1.165, 1.54) is 17.4 Å². The van der Waals surface area contributed by atoms with Crippen molar-refractivity contribution in [2.75, 3.05) is 5.32 Å². The SMILES string of the molecule is Cc1ccc(-c2ccc(/C=C/C(=O)Nc3nc4ccc(Cl)cc4s3)o2)cc1Cl. The molecule has 4 aromatic rings. The van der Waals surface area contributed by atoms with Crippen LogP contribution in [0.25, 0.3) is 27.6 Å². The van der Waals surface area contributed by atoms with E-state index in [9.17, 15) is 4.79 Å². The summed E-state index contributed by atoms with van der Waals surface area (Å²) < 4.78 is 6.69. The van der Waals surface area contributed by atoms with Crippen molar-refractivity contribution >= 4 is 61.9 Å². The van der Waals surface area contributed by atoms with Crippen LogP contribution in [-0.2, 0) is 4.79 Å². The Labute approximate surface area is 175 Å². The molecule has 4 rings (SSSR count). The molecule has 1 N–H and O–H groups in total. The standard InChI is InChI=1S/C21H14Cl2N2O2S/c1-12-2-3-13(10-16(12)23)18-8-5-15(27-18)6-9-20(26)25-21-24-17-7-4-14(22)11-19(17)28-21/h2-11H,1H3,(H,24,25,26)/b9-6+. The maximum Gasteiger partial charge on any atom is 0.250 e. The highest BCUT2D eigenvalue weighted by molar-refractivity contribution is 7.22. The average molecular weight is 429 g/mol. The van der Waals surface area contributed by atoms with E-state index in [1.54, 1.807) is 18.2 Å². The van der Waals surface area contributed by atoms with Gasteiger partial charge in [0.1, 0.15) is 11.5 Å². The lowest BCUT2D eigenvalue weighted by molar-refractivity contribution is -0.111. The Morgan fingerprint density at radius 3 is 2.82 bits per heavy atom. The molecule has 0 aliphatic rings. The maximum atomic E-state index is 12.2. The number of rotatable bonds is 4. The van der Waals surface area contributed by atoms with Crippen molar-refractivity contribution < 1.29 is 9.21 Å². The molecule has 7 heteroatoms. The zero-order valence-electron chi connectivity index (χ0n) is 14.7. The number of thiazole rings is 1. The van der Waals surface area contributed by atoms with Crippen molar-refractivity contribution in [3.05, 3.63) is 76.0 Å². The Hall–Kier alpha value is -2.60. The number of amides is 1. The van der Waals surface area contributed by atoms with Crippen LogP contribution in [0.2, 0.25) is 10.0 Å². The minimum atomic E-state index is -0.290. The van der Waals surface area contributed by atoms with E-state index in [4.69, 9.17) is 27.6 Å². The third kappa shape index (κ3) is 4.12. The number of aromatic nitrogens is 1. The van der Waals surface area contributed by atoms with Crippen LogP contribution >= 0.6 is 34.5 Å². The summed E-state index contributed by atoms with van der Waals surface area (Å²) in [6.07, 6.45) is 3.02. The molecule has 0 atom stereocenters. The molecular weight excluding hydrogens is 415 g/mol. The van der Waals surface area contributed by atoms with Gasteiger partial charge in [0.2, 0.25) is 5.91 Å². The Kier molecular flexibility index (Phi) is 5.22. The fourth-order valence-corrected chi connectivity index (χ4v) is 3.93. The van der Waals surface area contributed by atoms with E-state index in [2.05, 4.69) is 10.3 Å². The molecule has 0 saturated heterocycles. The lowest BCUT2D eigenvalue weighted by Crippen LogP contribution is -2.07. The number of nitrogens with zero attached hydrogens (tertiary/aromatic N) is 1. The van der Waals surface area contributed by atoms with Gasteiger partial charge in [-0.3, -0.25) is 10.1 Å². The first-order chi connectivity index (χ1) is 13.5. The second kappa shape index (κ2) is 7.80. The van der Waals surface area contributed by atoms with Crippen molar-refractivity contribution in [2.45, 2.75) is 6.92 Å². The van der Waals surface area contributed by atoms with Crippen molar-refractivity contribution in [3.63, 3.8) is 0 Å². The Morgan fingerprint density at radius 1 is 1.14 bits per heavy atom. The first-order valence-corrected chi connectivity index (χ1v) is 9.97. The summed E-state index contributed by atoms with van der Waals surface area (Å²) in [6.45, 7) is 1.95. The van der Waals surface area contributed by atoms with Crippen LogP contribution < -0.4 is 5.32 Å².